The van der Waals surface area contributed by atoms with Crippen LogP contribution < -0.4 is 15.5 Å². The number of nitrogens with two attached hydrogens (primary N) is 1. The van der Waals surface area contributed by atoms with E-state index in [0.717, 1.165) is 68.9 Å². The van der Waals surface area contributed by atoms with E-state index >= 15 is 0 Å². The zero-order valence-corrected chi connectivity index (χ0v) is 29.1. The Morgan fingerprint density at radius 2 is 1.34 bits per heavy atom. The van der Waals surface area contributed by atoms with Gasteiger partial charge in [0.15, 0.2) is 0 Å². The maximum atomic E-state index is 11.7. The Labute approximate surface area is 297 Å². The van der Waals surface area contributed by atoms with E-state index in [0.29, 0.717) is 31.2 Å². The predicted octanol–water partition coefficient (Wildman–Crippen LogP) is 4.23. The number of carbonyl (C=O) groups excluding carboxylic acids is 3. The van der Waals surface area contributed by atoms with E-state index in [2.05, 4.69) is 37.5 Å². The molecule has 2 saturated heterocycles. The van der Waals surface area contributed by atoms with Gasteiger partial charge in [-0.2, -0.15) is 0 Å². The van der Waals surface area contributed by atoms with Gasteiger partial charge in [-0.05, 0) is 89.5 Å². The molecule has 2 atom stereocenters. The third-order valence-corrected chi connectivity index (χ3v) is 7.54. The highest BCUT2D eigenvalue weighted by atomic mass is 16.5. The Morgan fingerprint density at radius 1 is 0.840 bits per heavy atom. The molecule has 50 heavy (non-hydrogen) atoms. The van der Waals surface area contributed by atoms with Crippen molar-refractivity contribution in [3.63, 3.8) is 0 Å². The molecule has 0 aromatic carbocycles. The lowest BCUT2D eigenvalue weighted by Crippen LogP contribution is -2.42. The predicted molar refractivity (Wildman–Crippen MR) is 194 cm³/mol. The van der Waals surface area contributed by atoms with Crippen molar-refractivity contribution in [3.05, 3.63) is 48.0 Å². The number of rotatable bonds is 10. The molecule has 272 valence electrons. The maximum Gasteiger partial charge on any atom is 0.381 e. The number of nitrogens with zero attached hydrogens (tertiary/aromatic N) is 4. The van der Waals surface area contributed by atoms with Crippen molar-refractivity contribution in [2.45, 2.75) is 86.1 Å². The Balaban J connectivity index is 0.000000430. The molecule has 0 unspecified atom stereocenters. The molecule has 0 radical (unpaired) electrons. The summed E-state index contributed by atoms with van der Waals surface area (Å²) in [6.07, 6.45) is 8.67. The van der Waals surface area contributed by atoms with E-state index < -0.39 is 5.97 Å². The van der Waals surface area contributed by atoms with Gasteiger partial charge >= 0.3 is 17.9 Å². The number of piperidine rings is 2. The highest BCUT2D eigenvalue weighted by Crippen LogP contribution is 2.25. The van der Waals surface area contributed by atoms with Crippen LogP contribution in [0.25, 0.3) is 0 Å². The number of anilines is 2. The minimum atomic E-state index is -1.07. The first kappa shape index (κ1) is 43.1. The maximum absolute atomic E-state index is 11.7. The topological polar surface area (TPSA) is 165 Å². The number of hydrogen-bond donors (Lipinski definition) is 2. The fourth-order valence-electron chi connectivity index (χ4n) is 5.51. The van der Waals surface area contributed by atoms with E-state index in [-0.39, 0.29) is 44.0 Å². The van der Waals surface area contributed by atoms with Crippen LogP contribution in [0, 0.1) is 29.6 Å². The van der Waals surface area contributed by atoms with Crippen LogP contribution in [0.3, 0.4) is 0 Å². The molecule has 0 amide bonds. The van der Waals surface area contributed by atoms with Gasteiger partial charge in [0, 0.05) is 68.3 Å². The number of aromatic nitrogens is 2. The molecule has 2 aromatic heterocycles. The van der Waals surface area contributed by atoms with Crippen molar-refractivity contribution >= 4 is 35.1 Å². The summed E-state index contributed by atoms with van der Waals surface area (Å²) in [5, 5.41) is 7.74. The second-order valence-corrected chi connectivity index (χ2v) is 11.5. The molecule has 0 aliphatic carbocycles. The summed E-state index contributed by atoms with van der Waals surface area (Å²) in [6, 6.07) is 8.04. The third-order valence-electron chi connectivity index (χ3n) is 7.54. The number of Topliss-reactive ketones (excluding diaryl/α,β-unsaturated/α-hetero) is 1. The zero-order valence-electron chi connectivity index (χ0n) is 29.1. The van der Waals surface area contributed by atoms with Crippen LogP contribution in [-0.2, 0) is 41.5 Å². The molecule has 0 saturated carbocycles. The van der Waals surface area contributed by atoms with Crippen molar-refractivity contribution in [1.82, 2.24) is 9.97 Å². The number of carboxylic acid groups (broad SMARTS) is 1. The molecule has 0 spiro atoms. The molecule has 2 aromatic rings. The van der Waals surface area contributed by atoms with Gasteiger partial charge in [0.25, 0.3) is 0 Å². The molecule has 4 heterocycles. The smallest absolute Gasteiger partial charge is 0.381 e. The molecule has 12 heteroatoms. The molecule has 2 aliphatic heterocycles. The van der Waals surface area contributed by atoms with Crippen molar-refractivity contribution in [3.8, 4) is 23.7 Å². The number of hydrogen-bond acceptors (Lipinski definition) is 11. The summed E-state index contributed by atoms with van der Waals surface area (Å²) < 4.78 is 9.91. The fraction of sp³-hybridized carbons (Fsp3) is 0.526. The zero-order chi connectivity index (χ0) is 36.0. The van der Waals surface area contributed by atoms with Crippen molar-refractivity contribution < 1.29 is 33.8 Å². The van der Waals surface area contributed by atoms with E-state index in [1.807, 2.05) is 30.2 Å². The SMILES string of the molecule is C.CC#CC(=O)C[C@@H]1CCCN(c2ccnc(CC(=O)OCC)c2)C1.CC#CC(=O)O.CCOC(=O)Cc1cc(N2CCC[C@@H](N)C2)ccn1. The number of ketones is 1. The van der Waals surface area contributed by atoms with Gasteiger partial charge in [-0.25, -0.2) is 4.79 Å². The molecule has 12 nitrogen and oxygen atoms in total. The first-order valence-corrected chi connectivity index (χ1v) is 16.7. The monoisotopic (exact) mass is 691 g/mol. The minimum Gasteiger partial charge on any atom is -0.472 e. The van der Waals surface area contributed by atoms with Crippen LogP contribution in [0.2, 0.25) is 0 Å². The summed E-state index contributed by atoms with van der Waals surface area (Å²) in [5.41, 5.74) is 9.58. The largest absolute Gasteiger partial charge is 0.472 e. The lowest BCUT2D eigenvalue weighted by Gasteiger charge is -2.34. The van der Waals surface area contributed by atoms with E-state index in [1.54, 1.807) is 33.2 Å². The van der Waals surface area contributed by atoms with Crippen LogP contribution in [0.1, 0.15) is 78.6 Å². The lowest BCUT2D eigenvalue weighted by atomic mass is 9.92. The van der Waals surface area contributed by atoms with Gasteiger partial charge in [0.2, 0.25) is 5.78 Å². The Hall–Kier alpha value is -4.94. The molecule has 2 aliphatic rings. The Kier molecular flexibility index (Phi) is 20.9. The third kappa shape index (κ3) is 16.9. The number of pyridine rings is 2. The Bertz CT molecular complexity index is 1510. The Morgan fingerprint density at radius 3 is 1.78 bits per heavy atom. The van der Waals surface area contributed by atoms with Gasteiger partial charge in [-0.1, -0.05) is 19.3 Å². The van der Waals surface area contributed by atoms with Crippen LogP contribution in [0.5, 0.6) is 0 Å². The number of carboxylic acids is 1. The van der Waals surface area contributed by atoms with Gasteiger partial charge < -0.3 is 30.1 Å². The van der Waals surface area contributed by atoms with Crippen molar-refractivity contribution in [2.75, 3.05) is 49.2 Å². The van der Waals surface area contributed by atoms with Gasteiger partial charge in [-0.3, -0.25) is 24.4 Å². The average Bonchev–Trinajstić information content (AvgIpc) is 3.06. The van der Waals surface area contributed by atoms with Crippen LogP contribution in [0.4, 0.5) is 11.4 Å². The van der Waals surface area contributed by atoms with Crippen LogP contribution in [0.15, 0.2) is 36.7 Å². The second kappa shape index (κ2) is 24.2. The summed E-state index contributed by atoms with van der Waals surface area (Å²) in [6.45, 7) is 11.2. The molecule has 4 rings (SSSR count). The molecular formula is C38H53N5O7. The summed E-state index contributed by atoms with van der Waals surface area (Å²) >= 11 is 0. The van der Waals surface area contributed by atoms with E-state index in [1.165, 1.54) is 6.92 Å². The lowest BCUT2D eigenvalue weighted by molar-refractivity contribution is -0.143. The molecule has 3 N–H and O–H groups in total. The highest BCUT2D eigenvalue weighted by molar-refractivity contribution is 5.95. The van der Waals surface area contributed by atoms with E-state index in [9.17, 15) is 19.2 Å². The first-order valence-electron chi connectivity index (χ1n) is 16.7. The van der Waals surface area contributed by atoms with Gasteiger partial charge in [-0.15, -0.1) is 0 Å². The van der Waals surface area contributed by atoms with E-state index in [4.69, 9.17) is 20.3 Å². The highest BCUT2D eigenvalue weighted by Gasteiger charge is 2.22. The van der Waals surface area contributed by atoms with Gasteiger partial charge in [0.1, 0.15) is 0 Å². The summed E-state index contributed by atoms with van der Waals surface area (Å²) in [4.78, 5) is 57.2. The number of aliphatic carboxylic acids is 1. The second-order valence-electron chi connectivity index (χ2n) is 11.5. The van der Waals surface area contributed by atoms with Crippen molar-refractivity contribution in [2.24, 2.45) is 11.7 Å². The molecule has 2 fully saturated rings. The summed E-state index contributed by atoms with van der Waals surface area (Å²) in [7, 11) is 0. The number of carbonyl (C=O) groups is 4. The summed E-state index contributed by atoms with van der Waals surface area (Å²) in [5.74, 6) is 8.16. The minimum absolute atomic E-state index is 0. The quantitative estimate of drug-likeness (QED) is 0.207. The fourth-order valence-corrected chi connectivity index (χ4v) is 5.51. The number of ether oxygens (including phenoxy) is 2. The molecular weight excluding hydrogens is 638 g/mol. The van der Waals surface area contributed by atoms with Gasteiger partial charge in [0.05, 0.1) is 37.4 Å². The van der Waals surface area contributed by atoms with Crippen molar-refractivity contribution in [1.29, 1.82) is 0 Å². The standard InChI is InChI=1S/C19H24N2O3.C14H21N3O2.C4H4O2.CH4/c1-3-6-18(22)11-15-7-5-10-21(14-15)17-8-9-20-16(12-17)13-19(23)24-4-2;1-2-19-14(18)9-12-8-13(5-6-16-12)17-7-3-4-11(15)10-17;1-2-3-4(5)6;/h8-9,12,15H,4-5,7,10-11,13-14H2,1-2H3;5-6,8,11H,2-4,7,9-10,15H2,1H3;1H3,(H,5,6);1H4/t15-;11-;;/m01../s1. The normalized spacial score (nSPS) is 16.1. The van der Waals surface area contributed by atoms with Crippen LogP contribution in [-0.4, -0.2) is 84.2 Å². The average molecular weight is 692 g/mol. The first-order chi connectivity index (χ1) is 23.6. The molecule has 0 bridgehead atoms. The number of esters is 2. The van der Waals surface area contributed by atoms with Crippen LogP contribution >= 0.6 is 0 Å².